The number of hydrogen-bond donors (Lipinski definition) is 1. The van der Waals surface area contributed by atoms with Crippen LogP contribution in [0.2, 0.25) is 0 Å². The molecule has 1 aromatic carbocycles. The maximum absolute atomic E-state index is 13.5. The standard InChI is InChI=1S/C10H10BrF2NO/c11-6-3-7(12)10(8(13)4-6)9-5-14-1-2-15-9/h3-4,9,14H,1-2,5H2. The maximum atomic E-state index is 13.5. The van der Waals surface area contributed by atoms with Crippen molar-refractivity contribution in [1.82, 2.24) is 5.32 Å². The molecule has 0 aromatic heterocycles. The molecule has 0 bridgehead atoms. The van der Waals surface area contributed by atoms with E-state index in [0.29, 0.717) is 17.6 Å². The zero-order valence-corrected chi connectivity index (χ0v) is 9.48. The van der Waals surface area contributed by atoms with Gasteiger partial charge in [0.15, 0.2) is 0 Å². The summed E-state index contributed by atoms with van der Waals surface area (Å²) in [7, 11) is 0. The van der Waals surface area contributed by atoms with E-state index in [0.717, 1.165) is 6.54 Å². The van der Waals surface area contributed by atoms with Crippen LogP contribution in [0.4, 0.5) is 8.78 Å². The zero-order chi connectivity index (χ0) is 10.8. The molecular weight excluding hydrogens is 268 g/mol. The molecule has 1 fully saturated rings. The van der Waals surface area contributed by atoms with Crippen molar-refractivity contribution in [2.24, 2.45) is 0 Å². The molecule has 2 rings (SSSR count). The van der Waals surface area contributed by atoms with E-state index in [1.807, 2.05) is 0 Å². The minimum absolute atomic E-state index is 0.00500. The van der Waals surface area contributed by atoms with Gasteiger partial charge in [0.1, 0.15) is 17.7 Å². The first-order valence-electron chi connectivity index (χ1n) is 4.65. The first kappa shape index (κ1) is 11.0. The van der Waals surface area contributed by atoms with Crippen LogP contribution in [0.3, 0.4) is 0 Å². The number of morpholine rings is 1. The van der Waals surface area contributed by atoms with Gasteiger partial charge in [-0.3, -0.25) is 0 Å². The summed E-state index contributed by atoms with van der Waals surface area (Å²) in [6, 6.07) is 2.49. The van der Waals surface area contributed by atoms with Crippen LogP contribution in [0, 0.1) is 11.6 Å². The lowest BCUT2D eigenvalue weighted by molar-refractivity contribution is 0.0232. The predicted octanol–water partition coefficient (Wildman–Crippen LogP) is 2.39. The van der Waals surface area contributed by atoms with Crippen molar-refractivity contribution >= 4 is 15.9 Å². The fourth-order valence-corrected chi connectivity index (χ4v) is 2.01. The monoisotopic (exact) mass is 277 g/mol. The third kappa shape index (κ3) is 2.35. The van der Waals surface area contributed by atoms with Crippen molar-refractivity contribution in [1.29, 1.82) is 0 Å². The average Bonchev–Trinajstić information content (AvgIpc) is 2.17. The molecule has 0 amide bonds. The smallest absolute Gasteiger partial charge is 0.133 e. The molecule has 1 saturated heterocycles. The molecule has 82 valence electrons. The van der Waals surface area contributed by atoms with Crippen LogP contribution in [0.15, 0.2) is 16.6 Å². The van der Waals surface area contributed by atoms with Crippen molar-refractivity contribution < 1.29 is 13.5 Å². The Hall–Kier alpha value is -0.520. The van der Waals surface area contributed by atoms with Gasteiger partial charge in [0.25, 0.3) is 0 Å². The fraction of sp³-hybridized carbons (Fsp3) is 0.400. The van der Waals surface area contributed by atoms with E-state index in [4.69, 9.17) is 4.74 Å². The molecule has 1 aliphatic rings. The minimum Gasteiger partial charge on any atom is -0.371 e. The molecule has 1 aromatic rings. The van der Waals surface area contributed by atoms with Gasteiger partial charge >= 0.3 is 0 Å². The summed E-state index contributed by atoms with van der Waals surface area (Å²) in [5.74, 6) is -1.15. The summed E-state index contributed by atoms with van der Waals surface area (Å²) in [4.78, 5) is 0. The molecule has 0 spiro atoms. The highest BCUT2D eigenvalue weighted by Gasteiger charge is 2.23. The Morgan fingerprint density at radius 1 is 1.33 bits per heavy atom. The number of ether oxygens (including phenoxy) is 1. The summed E-state index contributed by atoms with van der Waals surface area (Å²) in [6.45, 7) is 1.63. The fourth-order valence-electron chi connectivity index (χ4n) is 1.61. The van der Waals surface area contributed by atoms with E-state index < -0.39 is 17.7 Å². The molecule has 5 heteroatoms. The van der Waals surface area contributed by atoms with Crippen LogP contribution < -0.4 is 5.32 Å². The number of benzene rings is 1. The maximum Gasteiger partial charge on any atom is 0.133 e. The summed E-state index contributed by atoms with van der Waals surface area (Å²) in [6.07, 6.45) is -0.535. The van der Waals surface area contributed by atoms with Crippen molar-refractivity contribution in [2.75, 3.05) is 19.7 Å². The van der Waals surface area contributed by atoms with Crippen molar-refractivity contribution in [2.45, 2.75) is 6.10 Å². The van der Waals surface area contributed by atoms with Crippen molar-refractivity contribution in [3.05, 3.63) is 33.8 Å². The molecule has 2 nitrogen and oxygen atoms in total. The van der Waals surface area contributed by atoms with Crippen LogP contribution in [0.1, 0.15) is 11.7 Å². The molecular formula is C10H10BrF2NO. The molecule has 0 radical (unpaired) electrons. The third-order valence-corrected chi connectivity index (χ3v) is 2.75. The number of halogens is 3. The largest absolute Gasteiger partial charge is 0.371 e. The van der Waals surface area contributed by atoms with Crippen LogP contribution >= 0.6 is 15.9 Å². The van der Waals surface area contributed by atoms with Gasteiger partial charge in [0.2, 0.25) is 0 Å². The van der Waals surface area contributed by atoms with Crippen LogP contribution in [0.25, 0.3) is 0 Å². The first-order valence-corrected chi connectivity index (χ1v) is 5.44. The van der Waals surface area contributed by atoms with Gasteiger partial charge in [-0.15, -0.1) is 0 Å². The summed E-state index contributed by atoms with van der Waals surface area (Å²) < 4.78 is 32.7. The topological polar surface area (TPSA) is 21.3 Å². The highest BCUT2D eigenvalue weighted by Crippen LogP contribution is 2.27. The molecule has 0 saturated carbocycles. The van der Waals surface area contributed by atoms with Crippen molar-refractivity contribution in [3.8, 4) is 0 Å². The van der Waals surface area contributed by atoms with Crippen molar-refractivity contribution in [3.63, 3.8) is 0 Å². The lowest BCUT2D eigenvalue weighted by atomic mass is 10.1. The Kier molecular flexibility index (Phi) is 3.33. The Labute approximate surface area is 94.7 Å². The van der Waals surface area contributed by atoms with E-state index in [9.17, 15) is 8.78 Å². The van der Waals surface area contributed by atoms with Gasteiger partial charge < -0.3 is 10.1 Å². The number of hydrogen-bond acceptors (Lipinski definition) is 2. The lowest BCUT2D eigenvalue weighted by Crippen LogP contribution is -2.34. The van der Waals surface area contributed by atoms with Gasteiger partial charge in [-0.2, -0.15) is 0 Å². The van der Waals surface area contributed by atoms with Crippen LogP contribution in [-0.4, -0.2) is 19.7 Å². The van der Waals surface area contributed by atoms with E-state index in [2.05, 4.69) is 21.2 Å². The van der Waals surface area contributed by atoms with Crippen LogP contribution in [0.5, 0.6) is 0 Å². The summed E-state index contributed by atoms with van der Waals surface area (Å²) >= 11 is 3.03. The van der Waals surface area contributed by atoms with Gasteiger partial charge in [-0.1, -0.05) is 15.9 Å². The minimum atomic E-state index is -0.574. The quantitative estimate of drug-likeness (QED) is 0.851. The van der Waals surface area contributed by atoms with Crippen LogP contribution in [-0.2, 0) is 4.74 Å². The van der Waals surface area contributed by atoms with Gasteiger partial charge in [0.05, 0.1) is 12.2 Å². The van der Waals surface area contributed by atoms with E-state index >= 15 is 0 Å². The van der Waals surface area contributed by atoms with Gasteiger partial charge in [-0.05, 0) is 12.1 Å². The predicted molar refractivity (Wildman–Crippen MR) is 55.6 cm³/mol. The molecule has 1 atom stereocenters. The molecule has 1 unspecified atom stereocenters. The second-order valence-corrected chi connectivity index (χ2v) is 4.26. The summed E-state index contributed by atoms with van der Waals surface area (Å²) in [5, 5.41) is 3.03. The van der Waals surface area contributed by atoms with E-state index in [1.54, 1.807) is 0 Å². The molecule has 1 heterocycles. The normalized spacial score (nSPS) is 21.7. The molecule has 1 N–H and O–H groups in total. The average molecular weight is 278 g/mol. The Balaban J connectivity index is 2.33. The zero-order valence-electron chi connectivity index (χ0n) is 7.90. The molecule has 0 aliphatic carbocycles. The van der Waals surface area contributed by atoms with E-state index in [-0.39, 0.29) is 5.56 Å². The van der Waals surface area contributed by atoms with E-state index in [1.165, 1.54) is 12.1 Å². The third-order valence-electron chi connectivity index (χ3n) is 2.29. The van der Waals surface area contributed by atoms with Gasteiger partial charge in [-0.25, -0.2) is 8.78 Å². The Bertz CT molecular complexity index is 343. The first-order chi connectivity index (χ1) is 7.18. The van der Waals surface area contributed by atoms with Gasteiger partial charge in [0, 0.05) is 17.6 Å². The molecule has 1 aliphatic heterocycles. The second-order valence-electron chi connectivity index (χ2n) is 3.35. The number of nitrogens with one attached hydrogen (secondary N) is 1. The SMILES string of the molecule is Fc1cc(Br)cc(F)c1C1CNCCO1. The number of rotatable bonds is 1. The summed E-state index contributed by atoms with van der Waals surface area (Å²) in [5.41, 5.74) is 0.00500. The molecule has 15 heavy (non-hydrogen) atoms. The second kappa shape index (κ2) is 4.55. The highest BCUT2D eigenvalue weighted by atomic mass is 79.9. The highest BCUT2D eigenvalue weighted by molar-refractivity contribution is 9.10. The Morgan fingerprint density at radius 2 is 2.00 bits per heavy atom. The lowest BCUT2D eigenvalue weighted by Gasteiger charge is -2.24. The Morgan fingerprint density at radius 3 is 2.53 bits per heavy atom.